The van der Waals surface area contributed by atoms with Gasteiger partial charge in [-0.05, 0) is 44.6 Å². The Hall–Kier alpha value is -0.830. The molecule has 2 rings (SSSR count). The fourth-order valence-corrected chi connectivity index (χ4v) is 2.79. The van der Waals surface area contributed by atoms with E-state index in [1.807, 2.05) is 0 Å². The molecule has 0 aromatic heterocycles. The van der Waals surface area contributed by atoms with E-state index in [0.29, 0.717) is 6.04 Å². The van der Waals surface area contributed by atoms with Gasteiger partial charge in [0.05, 0.1) is 6.04 Å². The average molecular weight is 236 g/mol. The SMILES string of the molecule is CCC1CCNC(C(=O)NC2CC=CCC2)C1. The van der Waals surface area contributed by atoms with Crippen molar-refractivity contribution in [2.24, 2.45) is 5.92 Å². The fourth-order valence-electron chi connectivity index (χ4n) is 2.79. The van der Waals surface area contributed by atoms with Crippen molar-refractivity contribution in [2.75, 3.05) is 6.54 Å². The second-order valence-electron chi connectivity index (χ2n) is 5.30. The van der Waals surface area contributed by atoms with Crippen molar-refractivity contribution in [3.05, 3.63) is 12.2 Å². The molecule has 2 N–H and O–H groups in total. The Kier molecular flexibility index (Phi) is 4.60. The number of rotatable bonds is 3. The second-order valence-corrected chi connectivity index (χ2v) is 5.30. The highest BCUT2D eigenvalue weighted by atomic mass is 16.2. The van der Waals surface area contributed by atoms with Gasteiger partial charge in [-0.3, -0.25) is 4.79 Å². The zero-order chi connectivity index (χ0) is 12.1. The van der Waals surface area contributed by atoms with E-state index in [4.69, 9.17) is 0 Å². The number of nitrogens with one attached hydrogen (secondary N) is 2. The van der Waals surface area contributed by atoms with Crippen LogP contribution in [-0.4, -0.2) is 24.5 Å². The first-order valence-corrected chi connectivity index (χ1v) is 6.98. The van der Waals surface area contributed by atoms with Gasteiger partial charge in [0.2, 0.25) is 5.91 Å². The first-order chi connectivity index (χ1) is 8.29. The van der Waals surface area contributed by atoms with Crippen LogP contribution in [0, 0.1) is 5.92 Å². The van der Waals surface area contributed by atoms with Gasteiger partial charge in [0.25, 0.3) is 0 Å². The lowest BCUT2D eigenvalue weighted by molar-refractivity contribution is -0.124. The van der Waals surface area contributed by atoms with Crippen molar-refractivity contribution in [3.8, 4) is 0 Å². The molecule has 3 atom stereocenters. The quantitative estimate of drug-likeness (QED) is 0.736. The molecule has 1 heterocycles. The summed E-state index contributed by atoms with van der Waals surface area (Å²) in [6, 6.07) is 0.399. The van der Waals surface area contributed by atoms with E-state index in [0.717, 1.165) is 38.1 Å². The van der Waals surface area contributed by atoms with Gasteiger partial charge in [-0.25, -0.2) is 0 Å². The van der Waals surface area contributed by atoms with Crippen molar-refractivity contribution >= 4 is 5.91 Å². The van der Waals surface area contributed by atoms with Gasteiger partial charge in [0.1, 0.15) is 0 Å². The van der Waals surface area contributed by atoms with Gasteiger partial charge in [0.15, 0.2) is 0 Å². The lowest BCUT2D eigenvalue weighted by Gasteiger charge is -2.30. The zero-order valence-electron chi connectivity index (χ0n) is 10.7. The molecule has 2 aliphatic rings. The van der Waals surface area contributed by atoms with E-state index in [-0.39, 0.29) is 11.9 Å². The fraction of sp³-hybridized carbons (Fsp3) is 0.786. The Morgan fingerprint density at radius 2 is 2.29 bits per heavy atom. The summed E-state index contributed by atoms with van der Waals surface area (Å²) in [5.41, 5.74) is 0. The van der Waals surface area contributed by atoms with E-state index in [9.17, 15) is 4.79 Å². The molecule has 0 radical (unpaired) electrons. The van der Waals surface area contributed by atoms with Gasteiger partial charge < -0.3 is 10.6 Å². The number of allylic oxidation sites excluding steroid dienone is 1. The monoisotopic (exact) mass is 236 g/mol. The number of carbonyl (C=O) groups is 1. The van der Waals surface area contributed by atoms with Crippen molar-refractivity contribution in [1.29, 1.82) is 0 Å². The summed E-state index contributed by atoms with van der Waals surface area (Å²) < 4.78 is 0. The predicted molar refractivity (Wildman–Crippen MR) is 69.7 cm³/mol. The van der Waals surface area contributed by atoms with Gasteiger partial charge in [-0.15, -0.1) is 0 Å². The van der Waals surface area contributed by atoms with Crippen LogP contribution < -0.4 is 10.6 Å². The third kappa shape index (κ3) is 3.56. The third-order valence-electron chi connectivity index (χ3n) is 4.02. The highest BCUT2D eigenvalue weighted by Crippen LogP contribution is 2.20. The molecule has 0 bridgehead atoms. The number of piperidine rings is 1. The summed E-state index contributed by atoms with van der Waals surface area (Å²) in [4.78, 5) is 12.1. The van der Waals surface area contributed by atoms with Crippen molar-refractivity contribution < 1.29 is 4.79 Å². The van der Waals surface area contributed by atoms with Crippen LogP contribution >= 0.6 is 0 Å². The summed E-state index contributed by atoms with van der Waals surface area (Å²) in [5.74, 6) is 0.932. The standard InChI is InChI=1S/C14H24N2O/c1-2-11-8-9-15-13(10-11)14(17)16-12-6-4-3-5-7-12/h3-4,11-13,15H,2,5-10H2,1H3,(H,16,17). The normalized spacial score (nSPS) is 33.4. The van der Waals surface area contributed by atoms with Gasteiger partial charge >= 0.3 is 0 Å². The smallest absolute Gasteiger partial charge is 0.237 e. The molecule has 0 saturated carbocycles. The first-order valence-electron chi connectivity index (χ1n) is 6.98. The molecule has 3 heteroatoms. The minimum atomic E-state index is 0.0413. The highest BCUT2D eigenvalue weighted by molar-refractivity contribution is 5.82. The summed E-state index contributed by atoms with van der Waals surface area (Å²) in [7, 11) is 0. The van der Waals surface area contributed by atoms with Crippen molar-refractivity contribution in [1.82, 2.24) is 10.6 Å². The molecule has 1 aliphatic carbocycles. The molecular formula is C14H24N2O. The Labute approximate surface area is 104 Å². The largest absolute Gasteiger partial charge is 0.352 e. The number of amides is 1. The molecule has 1 amide bonds. The van der Waals surface area contributed by atoms with Crippen LogP contribution in [0.3, 0.4) is 0 Å². The molecule has 0 aromatic rings. The summed E-state index contributed by atoms with van der Waals surface area (Å²) in [6.45, 7) is 3.21. The third-order valence-corrected chi connectivity index (χ3v) is 4.02. The van der Waals surface area contributed by atoms with Crippen LogP contribution in [0.5, 0.6) is 0 Å². The van der Waals surface area contributed by atoms with E-state index in [1.165, 1.54) is 12.8 Å². The van der Waals surface area contributed by atoms with Crippen molar-refractivity contribution in [2.45, 2.75) is 57.5 Å². The minimum Gasteiger partial charge on any atom is -0.352 e. The van der Waals surface area contributed by atoms with E-state index >= 15 is 0 Å². The molecule has 1 saturated heterocycles. The first kappa shape index (κ1) is 12.6. The Balaban J connectivity index is 1.80. The van der Waals surface area contributed by atoms with Crippen LogP contribution in [0.2, 0.25) is 0 Å². The molecule has 17 heavy (non-hydrogen) atoms. The molecule has 96 valence electrons. The number of hydrogen-bond donors (Lipinski definition) is 2. The predicted octanol–water partition coefficient (Wildman–Crippen LogP) is 1.99. The maximum absolute atomic E-state index is 12.1. The molecule has 1 aliphatic heterocycles. The summed E-state index contributed by atoms with van der Waals surface area (Å²) >= 11 is 0. The number of hydrogen-bond acceptors (Lipinski definition) is 2. The molecule has 0 spiro atoms. The zero-order valence-corrected chi connectivity index (χ0v) is 10.7. The lowest BCUT2D eigenvalue weighted by Crippen LogP contribution is -2.51. The average Bonchev–Trinajstić information content (AvgIpc) is 2.40. The number of carbonyl (C=O) groups excluding carboxylic acids is 1. The van der Waals surface area contributed by atoms with Crippen LogP contribution in [0.1, 0.15) is 45.4 Å². The van der Waals surface area contributed by atoms with Crippen LogP contribution in [0.15, 0.2) is 12.2 Å². The molecule has 3 unspecified atom stereocenters. The van der Waals surface area contributed by atoms with Crippen molar-refractivity contribution in [3.63, 3.8) is 0 Å². The Morgan fingerprint density at radius 1 is 1.41 bits per heavy atom. The van der Waals surface area contributed by atoms with Crippen LogP contribution in [0.25, 0.3) is 0 Å². The van der Waals surface area contributed by atoms with E-state index in [2.05, 4.69) is 29.7 Å². The lowest BCUT2D eigenvalue weighted by atomic mass is 9.90. The molecule has 1 fully saturated rings. The van der Waals surface area contributed by atoms with Gasteiger partial charge in [-0.2, -0.15) is 0 Å². The maximum Gasteiger partial charge on any atom is 0.237 e. The minimum absolute atomic E-state index is 0.0413. The summed E-state index contributed by atoms with van der Waals surface area (Å²) in [5, 5.41) is 6.52. The van der Waals surface area contributed by atoms with Crippen LogP contribution in [0.4, 0.5) is 0 Å². The second kappa shape index (κ2) is 6.20. The molecule has 3 nitrogen and oxygen atoms in total. The highest BCUT2D eigenvalue weighted by Gasteiger charge is 2.27. The van der Waals surface area contributed by atoms with E-state index < -0.39 is 0 Å². The Morgan fingerprint density at radius 3 is 3.00 bits per heavy atom. The topological polar surface area (TPSA) is 41.1 Å². The maximum atomic E-state index is 12.1. The molecule has 0 aromatic carbocycles. The van der Waals surface area contributed by atoms with Crippen LogP contribution in [-0.2, 0) is 4.79 Å². The molecular weight excluding hydrogens is 212 g/mol. The Bertz CT molecular complexity index is 288. The van der Waals surface area contributed by atoms with E-state index in [1.54, 1.807) is 0 Å². The van der Waals surface area contributed by atoms with Gasteiger partial charge in [0, 0.05) is 6.04 Å². The summed E-state index contributed by atoms with van der Waals surface area (Å²) in [6.07, 6.45) is 11.0. The van der Waals surface area contributed by atoms with Gasteiger partial charge in [-0.1, -0.05) is 25.5 Å².